The second-order valence-electron chi connectivity index (χ2n) is 10.6. The van der Waals surface area contributed by atoms with Crippen molar-refractivity contribution in [2.24, 2.45) is 5.41 Å². The maximum absolute atomic E-state index is 12.0. The summed E-state index contributed by atoms with van der Waals surface area (Å²) in [4.78, 5) is 28.0. The van der Waals surface area contributed by atoms with Crippen LogP contribution in [0.5, 0.6) is 0 Å². The van der Waals surface area contributed by atoms with Crippen LogP contribution in [0.1, 0.15) is 30.4 Å². The first-order chi connectivity index (χ1) is 17.9. The predicted molar refractivity (Wildman–Crippen MR) is 140 cm³/mol. The second kappa shape index (κ2) is 8.85. The highest BCUT2D eigenvalue weighted by Gasteiger charge is 2.49. The lowest BCUT2D eigenvalue weighted by molar-refractivity contribution is -0.136. The third kappa shape index (κ3) is 3.90. The van der Waals surface area contributed by atoms with Gasteiger partial charge < -0.3 is 19.8 Å². The van der Waals surface area contributed by atoms with E-state index >= 15 is 0 Å². The number of β-amino-alcohol motifs (C(OH)–C–C–N with tert-alkyl or cyclic N) is 1. The van der Waals surface area contributed by atoms with E-state index in [1.54, 1.807) is 6.20 Å². The van der Waals surface area contributed by atoms with Crippen LogP contribution in [-0.4, -0.2) is 81.5 Å². The van der Waals surface area contributed by atoms with Crippen molar-refractivity contribution in [2.45, 2.75) is 32.3 Å². The number of benzene rings is 1. The summed E-state index contributed by atoms with van der Waals surface area (Å²) in [5.41, 5.74) is 3.76. The molecule has 3 saturated heterocycles. The molecular formula is C27H30N8O2. The van der Waals surface area contributed by atoms with E-state index in [-0.39, 0.29) is 11.3 Å². The minimum atomic E-state index is -0.433. The van der Waals surface area contributed by atoms with E-state index in [4.69, 9.17) is 9.97 Å². The van der Waals surface area contributed by atoms with E-state index in [0.717, 1.165) is 60.9 Å². The number of aliphatic hydroxyl groups excluding tert-OH is 1. The Morgan fingerprint density at radius 1 is 1.27 bits per heavy atom. The van der Waals surface area contributed by atoms with Gasteiger partial charge in [0.2, 0.25) is 11.9 Å². The van der Waals surface area contributed by atoms with Gasteiger partial charge in [0.05, 0.1) is 23.5 Å². The van der Waals surface area contributed by atoms with E-state index < -0.39 is 6.10 Å². The summed E-state index contributed by atoms with van der Waals surface area (Å²) >= 11 is 0. The van der Waals surface area contributed by atoms with Gasteiger partial charge in [0.25, 0.3) is 0 Å². The van der Waals surface area contributed by atoms with Crippen molar-refractivity contribution in [3.05, 3.63) is 42.1 Å². The van der Waals surface area contributed by atoms with Crippen LogP contribution in [0.2, 0.25) is 0 Å². The molecule has 5 heterocycles. The summed E-state index contributed by atoms with van der Waals surface area (Å²) < 4.78 is 0. The molecule has 1 amide bonds. The number of carbonyl (C=O) groups excluding carboxylic acids is 1. The molecule has 1 unspecified atom stereocenters. The van der Waals surface area contributed by atoms with Crippen molar-refractivity contribution >= 4 is 28.6 Å². The summed E-state index contributed by atoms with van der Waals surface area (Å²) in [7, 11) is 0. The van der Waals surface area contributed by atoms with Gasteiger partial charge >= 0.3 is 0 Å². The normalized spacial score (nSPS) is 20.8. The maximum Gasteiger partial charge on any atom is 0.245 e. The average molecular weight is 499 g/mol. The Hall–Kier alpha value is -3.97. The number of anilines is 2. The van der Waals surface area contributed by atoms with E-state index in [1.807, 2.05) is 28.9 Å². The van der Waals surface area contributed by atoms with Gasteiger partial charge in [-0.15, -0.1) is 0 Å². The molecule has 10 nitrogen and oxygen atoms in total. The number of aromatic amines is 1. The van der Waals surface area contributed by atoms with Crippen LogP contribution in [0.15, 0.2) is 31.0 Å². The molecular weight excluding hydrogens is 468 g/mol. The molecule has 0 aliphatic carbocycles. The van der Waals surface area contributed by atoms with Gasteiger partial charge in [0.15, 0.2) is 5.82 Å². The van der Waals surface area contributed by atoms with Crippen molar-refractivity contribution in [3.63, 3.8) is 0 Å². The highest BCUT2D eigenvalue weighted by atomic mass is 16.3. The van der Waals surface area contributed by atoms with E-state index in [1.165, 1.54) is 6.08 Å². The van der Waals surface area contributed by atoms with Crippen LogP contribution in [-0.2, 0) is 4.79 Å². The lowest BCUT2D eigenvalue weighted by atomic mass is 9.79. The van der Waals surface area contributed by atoms with Crippen LogP contribution in [0, 0.1) is 23.7 Å². The largest absolute Gasteiger partial charge is 0.391 e. The maximum atomic E-state index is 12.0. The van der Waals surface area contributed by atoms with Crippen LogP contribution in [0.25, 0.3) is 22.2 Å². The molecule has 37 heavy (non-hydrogen) atoms. The monoisotopic (exact) mass is 498 g/mol. The van der Waals surface area contributed by atoms with Gasteiger partial charge in [-0.3, -0.25) is 9.89 Å². The third-order valence-electron chi connectivity index (χ3n) is 8.02. The first-order valence-corrected chi connectivity index (χ1v) is 12.8. The third-order valence-corrected chi connectivity index (χ3v) is 8.02. The zero-order chi connectivity index (χ0) is 25.7. The Balaban J connectivity index is 1.46. The Morgan fingerprint density at radius 2 is 2.11 bits per heavy atom. The number of nitriles is 1. The fraction of sp³-hybridized carbons (Fsp3) is 0.444. The molecule has 6 rings (SSSR count). The first-order valence-electron chi connectivity index (χ1n) is 12.8. The molecule has 2 aromatic heterocycles. The lowest BCUT2D eigenvalue weighted by Crippen LogP contribution is -2.59. The van der Waals surface area contributed by atoms with Gasteiger partial charge in [-0.2, -0.15) is 15.3 Å². The molecule has 3 aliphatic heterocycles. The number of nitrogens with zero attached hydrogens (tertiary/aromatic N) is 7. The minimum absolute atomic E-state index is 0.00151. The molecule has 0 bridgehead atoms. The SMILES string of the molecule is C=CC(=O)N1CC2(CCN(c3nc(N4CCCC(O)C4)nc(-c4c(C)ccc5[nH]ncc45)c3C#N)C2)C1. The van der Waals surface area contributed by atoms with Crippen molar-refractivity contribution in [2.75, 3.05) is 49.1 Å². The topological polar surface area (TPSA) is 125 Å². The number of likely N-dealkylation sites (tertiary alicyclic amines) is 1. The summed E-state index contributed by atoms with van der Waals surface area (Å²) in [6.07, 6.45) is 5.24. The Bertz CT molecular complexity index is 1430. The van der Waals surface area contributed by atoms with E-state index in [2.05, 4.69) is 27.7 Å². The first kappa shape index (κ1) is 23.4. The number of rotatable bonds is 4. The van der Waals surface area contributed by atoms with Gasteiger partial charge in [0.1, 0.15) is 11.6 Å². The van der Waals surface area contributed by atoms with Crippen molar-refractivity contribution in [1.29, 1.82) is 5.26 Å². The zero-order valence-corrected chi connectivity index (χ0v) is 20.9. The smallest absolute Gasteiger partial charge is 0.245 e. The summed E-state index contributed by atoms with van der Waals surface area (Å²) in [5.74, 6) is 1.11. The summed E-state index contributed by atoms with van der Waals surface area (Å²) in [6.45, 7) is 9.67. The summed E-state index contributed by atoms with van der Waals surface area (Å²) in [6, 6.07) is 6.41. The highest BCUT2D eigenvalue weighted by molar-refractivity contribution is 5.97. The molecule has 0 saturated carbocycles. The molecule has 10 heteroatoms. The number of aryl methyl sites for hydroxylation is 1. The van der Waals surface area contributed by atoms with Crippen LogP contribution in [0.4, 0.5) is 11.8 Å². The van der Waals surface area contributed by atoms with Gasteiger partial charge in [-0.1, -0.05) is 12.6 Å². The number of amides is 1. The number of hydrogen-bond acceptors (Lipinski definition) is 8. The quantitative estimate of drug-likeness (QED) is 0.526. The van der Waals surface area contributed by atoms with Crippen LogP contribution < -0.4 is 9.80 Å². The predicted octanol–water partition coefficient (Wildman–Crippen LogP) is 2.39. The van der Waals surface area contributed by atoms with Crippen LogP contribution >= 0.6 is 0 Å². The minimum Gasteiger partial charge on any atom is -0.391 e. The number of aliphatic hydroxyl groups is 1. The molecule has 1 aromatic carbocycles. The fourth-order valence-electron chi connectivity index (χ4n) is 6.09. The Labute approximate surface area is 215 Å². The average Bonchev–Trinajstić information content (AvgIpc) is 3.54. The van der Waals surface area contributed by atoms with Crippen molar-refractivity contribution in [3.8, 4) is 17.3 Å². The number of fused-ring (bicyclic) bond motifs is 1. The molecule has 1 spiro atoms. The Kier molecular flexibility index (Phi) is 5.60. The molecule has 3 fully saturated rings. The number of carbonyl (C=O) groups is 1. The number of H-pyrrole nitrogens is 1. The summed E-state index contributed by atoms with van der Waals surface area (Å²) in [5, 5.41) is 28.9. The molecule has 1 atom stereocenters. The van der Waals surface area contributed by atoms with E-state index in [9.17, 15) is 15.2 Å². The lowest BCUT2D eigenvalue weighted by Gasteiger charge is -2.47. The number of hydrogen-bond donors (Lipinski definition) is 2. The second-order valence-corrected chi connectivity index (χ2v) is 10.6. The van der Waals surface area contributed by atoms with Crippen molar-refractivity contribution in [1.82, 2.24) is 25.1 Å². The Morgan fingerprint density at radius 3 is 2.86 bits per heavy atom. The molecule has 2 N–H and O–H groups in total. The molecule has 190 valence electrons. The molecule has 3 aromatic rings. The van der Waals surface area contributed by atoms with Gasteiger partial charge in [-0.05, 0) is 43.9 Å². The molecule has 3 aliphatic rings. The number of aromatic nitrogens is 4. The zero-order valence-electron chi connectivity index (χ0n) is 20.9. The highest BCUT2D eigenvalue weighted by Crippen LogP contribution is 2.43. The van der Waals surface area contributed by atoms with Gasteiger partial charge in [-0.25, -0.2) is 4.98 Å². The van der Waals surface area contributed by atoms with Crippen LogP contribution in [0.3, 0.4) is 0 Å². The van der Waals surface area contributed by atoms with Gasteiger partial charge in [0, 0.05) is 55.6 Å². The fourth-order valence-corrected chi connectivity index (χ4v) is 6.09. The van der Waals surface area contributed by atoms with Crippen molar-refractivity contribution < 1.29 is 9.90 Å². The molecule has 0 radical (unpaired) electrons. The number of piperidine rings is 1. The number of nitrogens with one attached hydrogen (secondary N) is 1. The van der Waals surface area contributed by atoms with E-state index in [0.29, 0.717) is 42.7 Å². The standard InChI is InChI=1S/C27H30N8O2/c1-3-22(37)35-15-27(16-35)8-10-34(14-27)25-19(11-28)24(23-17(2)6-7-21-20(23)12-29-32-21)30-26(31-25)33-9-4-5-18(36)13-33/h3,6-7,12,18,36H,1,4-5,8-10,13-16H2,2H3,(H,29,32).